The highest BCUT2D eigenvalue weighted by molar-refractivity contribution is 6.01. The Morgan fingerprint density at radius 3 is 2.47 bits per heavy atom. The summed E-state index contributed by atoms with van der Waals surface area (Å²) in [6, 6.07) is 25.3. The summed E-state index contributed by atoms with van der Waals surface area (Å²) >= 11 is 0. The number of methoxy groups -OCH3 is 1. The van der Waals surface area contributed by atoms with Gasteiger partial charge in [0.1, 0.15) is 11.5 Å². The summed E-state index contributed by atoms with van der Waals surface area (Å²) in [7, 11) is 1.70. The fourth-order valence-electron chi connectivity index (χ4n) is 4.26. The Morgan fingerprint density at radius 1 is 1.00 bits per heavy atom. The van der Waals surface area contributed by atoms with Crippen molar-refractivity contribution in [2.45, 2.75) is 38.5 Å². The molecule has 0 amide bonds. The van der Waals surface area contributed by atoms with Gasteiger partial charge in [-0.1, -0.05) is 68.4 Å². The molecular weight excluding hydrogens is 372 g/mol. The first-order valence-corrected chi connectivity index (χ1v) is 10.5. The summed E-state index contributed by atoms with van der Waals surface area (Å²) in [5.41, 5.74) is 5.81. The SMILES string of the molecule is COc1ccc2c(c1)[C@H]1CC(c3ccccc3)=NN1[C@@H](c1ccc(C(C)C)cc1)O2. The zero-order chi connectivity index (χ0) is 20.7. The van der Waals surface area contributed by atoms with Crippen LogP contribution in [0, 0.1) is 0 Å². The van der Waals surface area contributed by atoms with Gasteiger partial charge >= 0.3 is 0 Å². The predicted molar refractivity (Wildman–Crippen MR) is 119 cm³/mol. The molecule has 2 heterocycles. The molecule has 0 saturated carbocycles. The van der Waals surface area contributed by atoms with Crippen LogP contribution in [0.5, 0.6) is 11.5 Å². The molecule has 0 bridgehead atoms. The maximum atomic E-state index is 6.48. The van der Waals surface area contributed by atoms with Gasteiger partial charge in [-0.2, -0.15) is 5.10 Å². The van der Waals surface area contributed by atoms with Crippen LogP contribution in [0.25, 0.3) is 0 Å². The summed E-state index contributed by atoms with van der Waals surface area (Å²) in [6.07, 6.45) is 0.590. The van der Waals surface area contributed by atoms with Gasteiger partial charge in [-0.05, 0) is 35.2 Å². The molecule has 0 N–H and O–H groups in total. The smallest absolute Gasteiger partial charge is 0.213 e. The number of ether oxygens (including phenoxy) is 2. The molecule has 0 spiro atoms. The van der Waals surface area contributed by atoms with Gasteiger partial charge in [-0.15, -0.1) is 0 Å². The topological polar surface area (TPSA) is 34.1 Å². The van der Waals surface area contributed by atoms with E-state index in [0.717, 1.165) is 40.3 Å². The minimum Gasteiger partial charge on any atom is -0.497 e. The van der Waals surface area contributed by atoms with Crippen molar-refractivity contribution in [2.75, 3.05) is 7.11 Å². The minimum atomic E-state index is -0.252. The third-order valence-corrected chi connectivity index (χ3v) is 5.99. The highest BCUT2D eigenvalue weighted by Gasteiger charge is 2.41. The number of nitrogens with zero attached hydrogens (tertiary/aromatic N) is 2. The lowest BCUT2D eigenvalue weighted by Crippen LogP contribution is -2.33. The van der Waals surface area contributed by atoms with Gasteiger partial charge in [0.15, 0.2) is 0 Å². The van der Waals surface area contributed by atoms with Crippen molar-refractivity contribution in [3.8, 4) is 11.5 Å². The second kappa shape index (κ2) is 7.52. The van der Waals surface area contributed by atoms with Crippen molar-refractivity contribution in [3.63, 3.8) is 0 Å². The van der Waals surface area contributed by atoms with Gasteiger partial charge in [-0.3, -0.25) is 0 Å². The molecule has 3 aromatic carbocycles. The lowest BCUT2D eigenvalue weighted by Gasteiger charge is -2.38. The first-order valence-electron chi connectivity index (χ1n) is 10.5. The van der Waals surface area contributed by atoms with E-state index in [1.54, 1.807) is 7.11 Å². The van der Waals surface area contributed by atoms with Gasteiger partial charge < -0.3 is 9.47 Å². The second-order valence-electron chi connectivity index (χ2n) is 8.21. The molecule has 0 radical (unpaired) electrons. The number of hydrogen-bond donors (Lipinski definition) is 0. The zero-order valence-electron chi connectivity index (χ0n) is 17.6. The van der Waals surface area contributed by atoms with Gasteiger partial charge in [0.25, 0.3) is 0 Å². The van der Waals surface area contributed by atoms with E-state index in [0.29, 0.717) is 5.92 Å². The van der Waals surface area contributed by atoms with E-state index in [-0.39, 0.29) is 12.3 Å². The summed E-state index contributed by atoms with van der Waals surface area (Å²) in [5, 5.41) is 7.15. The summed E-state index contributed by atoms with van der Waals surface area (Å²) in [5.74, 6) is 2.24. The molecule has 152 valence electrons. The third-order valence-electron chi connectivity index (χ3n) is 5.99. The lowest BCUT2D eigenvalue weighted by molar-refractivity contribution is -0.0191. The van der Waals surface area contributed by atoms with E-state index in [1.807, 2.05) is 18.2 Å². The maximum Gasteiger partial charge on any atom is 0.213 e. The van der Waals surface area contributed by atoms with Crippen LogP contribution in [-0.4, -0.2) is 17.8 Å². The van der Waals surface area contributed by atoms with Crippen LogP contribution in [0.4, 0.5) is 0 Å². The normalized spacial score (nSPS) is 19.7. The number of hydrazone groups is 1. The third kappa shape index (κ3) is 3.22. The van der Waals surface area contributed by atoms with Gasteiger partial charge in [0.2, 0.25) is 6.23 Å². The van der Waals surface area contributed by atoms with E-state index >= 15 is 0 Å². The van der Waals surface area contributed by atoms with Crippen LogP contribution in [0.1, 0.15) is 60.7 Å². The number of rotatable bonds is 4. The van der Waals surface area contributed by atoms with Crippen LogP contribution in [0.2, 0.25) is 0 Å². The van der Waals surface area contributed by atoms with E-state index in [4.69, 9.17) is 14.6 Å². The quantitative estimate of drug-likeness (QED) is 0.536. The monoisotopic (exact) mass is 398 g/mol. The van der Waals surface area contributed by atoms with E-state index in [1.165, 1.54) is 5.56 Å². The first kappa shape index (κ1) is 18.7. The Balaban J connectivity index is 1.57. The number of benzene rings is 3. The zero-order valence-corrected chi connectivity index (χ0v) is 17.6. The van der Waals surface area contributed by atoms with Crippen LogP contribution >= 0.6 is 0 Å². The Labute approximate surface area is 177 Å². The molecule has 3 aromatic rings. The minimum absolute atomic E-state index is 0.119. The van der Waals surface area contributed by atoms with Crippen LogP contribution in [0.3, 0.4) is 0 Å². The van der Waals surface area contributed by atoms with E-state index in [9.17, 15) is 0 Å². The second-order valence-corrected chi connectivity index (χ2v) is 8.21. The Hall–Kier alpha value is -3.27. The van der Waals surface area contributed by atoms with Crippen molar-refractivity contribution in [1.82, 2.24) is 5.01 Å². The average molecular weight is 399 g/mol. The summed E-state index contributed by atoms with van der Waals surface area (Å²) in [4.78, 5) is 0. The van der Waals surface area contributed by atoms with Crippen LogP contribution in [0.15, 0.2) is 77.9 Å². The summed E-state index contributed by atoms with van der Waals surface area (Å²) in [6.45, 7) is 4.42. The molecule has 4 heteroatoms. The van der Waals surface area contributed by atoms with E-state index in [2.05, 4.69) is 73.5 Å². The van der Waals surface area contributed by atoms with Gasteiger partial charge in [0.05, 0.1) is 18.9 Å². The Morgan fingerprint density at radius 2 is 1.77 bits per heavy atom. The molecule has 2 atom stereocenters. The van der Waals surface area contributed by atoms with Gasteiger partial charge in [-0.25, -0.2) is 5.01 Å². The lowest BCUT2D eigenvalue weighted by atomic mass is 9.95. The van der Waals surface area contributed by atoms with Gasteiger partial charge in [0, 0.05) is 17.5 Å². The number of hydrogen-bond acceptors (Lipinski definition) is 4. The van der Waals surface area contributed by atoms with Crippen molar-refractivity contribution >= 4 is 5.71 Å². The molecule has 0 saturated heterocycles. The molecule has 0 aromatic heterocycles. The van der Waals surface area contributed by atoms with Crippen LogP contribution in [-0.2, 0) is 0 Å². The molecule has 2 aliphatic heterocycles. The van der Waals surface area contributed by atoms with Crippen molar-refractivity contribution in [2.24, 2.45) is 5.10 Å². The standard InChI is InChI=1S/C26H26N2O2/c1-17(2)18-9-11-20(12-10-18)26-28-24(16-23(27-28)19-7-5-4-6-8-19)22-15-21(29-3)13-14-25(22)30-26/h4-15,17,24,26H,16H2,1-3H3/t24-,26-/m1/s1. The largest absolute Gasteiger partial charge is 0.497 e. The average Bonchev–Trinajstić information content (AvgIpc) is 3.25. The highest BCUT2D eigenvalue weighted by Crippen LogP contribution is 2.48. The van der Waals surface area contributed by atoms with Crippen molar-refractivity contribution in [1.29, 1.82) is 0 Å². The molecule has 0 aliphatic carbocycles. The molecule has 0 fully saturated rings. The molecule has 4 nitrogen and oxygen atoms in total. The Bertz CT molecular complexity index is 1070. The number of fused-ring (bicyclic) bond motifs is 3. The molecular formula is C26H26N2O2. The van der Waals surface area contributed by atoms with Crippen LogP contribution < -0.4 is 9.47 Å². The summed E-state index contributed by atoms with van der Waals surface area (Å²) < 4.78 is 12.0. The van der Waals surface area contributed by atoms with Crippen molar-refractivity contribution < 1.29 is 9.47 Å². The maximum absolute atomic E-state index is 6.48. The highest BCUT2D eigenvalue weighted by atomic mass is 16.5. The Kier molecular flexibility index (Phi) is 4.70. The predicted octanol–water partition coefficient (Wildman–Crippen LogP) is 6.06. The molecule has 0 unspecified atom stereocenters. The molecule has 2 aliphatic rings. The fraction of sp³-hybridized carbons (Fsp3) is 0.269. The van der Waals surface area contributed by atoms with E-state index < -0.39 is 0 Å². The molecule has 5 rings (SSSR count). The van der Waals surface area contributed by atoms with Crippen molar-refractivity contribution in [3.05, 3.63) is 95.1 Å². The molecule has 30 heavy (non-hydrogen) atoms. The fourth-order valence-corrected chi connectivity index (χ4v) is 4.26. The first-order chi connectivity index (χ1) is 14.6.